The first-order chi connectivity index (χ1) is 12.3. The van der Waals surface area contributed by atoms with E-state index in [1.807, 2.05) is 12.1 Å². The Morgan fingerprint density at radius 1 is 1.08 bits per heavy atom. The number of aliphatic hydroxyl groups is 3. The second kappa shape index (κ2) is 9.70. The van der Waals surface area contributed by atoms with Crippen molar-refractivity contribution in [3.8, 4) is 5.75 Å². The van der Waals surface area contributed by atoms with Gasteiger partial charge in [0, 0.05) is 5.92 Å². The molecule has 1 aliphatic rings. The lowest BCUT2D eigenvalue weighted by Gasteiger charge is -2.40. The van der Waals surface area contributed by atoms with E-state index in [0.717, 1.165) is 12.3 Å². The van der Waals surface area contributed by atoms with Crippen LogP contribution in [0.5, 0.6) is 5.75 Å². The van der Waals surface area contributed by atoms with Gasteiger partial charge in [0.15, 0.2) is 0 Å². The van der Waals surface area contributed by atoms with Crippen LogP contribution >= 0.6 is 0 Å². The van der Waals surface area contributed by atoms with Crippen molar-refractivity contribution in [2.24, 2.45) is 17.8 Å². The quantitative estimate of drug-likeness (QED) is 0.659. The number of hydrogen-bond acceptors (Lipinski definition) is 5. The van der Waals surface area contributed by atoms with Crippen molar-refractivity contribution in [1.29, 1.82) is 0 Å². The van der Waals surface area contributed by atoms with Crippen LogP contribution in [0.2, 0.25) is 0 Å². The maximum absolute atomic E-state index is 10.1. The number of rotatable bonds is 8. The Morgan fingerprint density at radius 3 is 2.31 bits per heavy atom. The Morgan fingerprint density at radius 2 is 1.73 bits per heavy atom. The molecule has 6 atom stereocenters. The van der Waals surface area contributed by atoms with Gasteiger partial charge in [0.2, 0.25) is 6.29 Å². The fourth-order valence-corrected chi connectivity index (χ4v) is 3.56. The smallest absolute Gasteiger partial charge is 0.205 e. The number of aryl methyl sites for hydroxylation is 1. The highest BCUT2D eigenvalue weighted by atomic mass is 16.7. The highest BCUT2D eigenvalue weighted by Gasteiger charge is 2.43. The van der Waals surface area contributed by atoms with E-state index in [4.69, 9.17) is 9.47 Å². The van der Waals surface area contributed by atoms with Crippen molar-refractivity contribution in [1.82, 2.24) is 0 Å². The van der Waals surface area contributed by atoms with Crippen LogP contribution < -0.4 is 4.74 Å². The van der Waals surface area contributed by atoms with Crippen LogP contribution in [0.25, 0.3) is 0 Å². The zero-order valence-electron chi connectivity index (χ0n) is 16.3. The molecule has 0 spiro atoms. The fourth-order valence-electron chi connectivity index (χ4n) is 3.56. The molecule has 148 valence electrons. The third-order valence-electron chi connectivity index (χ3n) is 5.16. The molecule has 3 unspecified atom stereocenters. The van der Waals surface area contributed by atoms with E-state index in [2.05, 4.69) is 32.9 Å². The topological polar surface area (TPSA) is 79.2 Å². The Bertz CT molecular complexity index is 528. The number of hydrogen-bond donors (Lipinski definition) is 3. The average Bonchev–Trinajstić information content (AvgIpc) is 2.61. The molecule has 0 bridgehead atoms. The molecule has 0 aromatic heterocycles. The van der Waals surface area contributed by atoms with Crippen LogP contribution in [0.3, 0.4) is 0 Å². The summed E-state index contributed by atoms with van der Waals surface area (Å²) in [5.74, 6) is 1.70. The molecule has 1 aliphatic heterocycles. The summed E-state index contributed by atoms with van der Waals surface area (Å²) in [5.41, 5.74) is 1.27. The van der Waals surface area contributed by atoms with Gasteiger partial charge >= 0.3 is 0 Å². The Hall–Kier alpha value is -1.14. The maximum Gasteiger partial charge on any atom is 0.205 e. The summed E-state index contributed by atoms with van der Waals surface area (Å²) in [4.78, 5) is 0. The van der Waals surface area contributed by atoms with Crippen LogP contribution in [-0.4, -0.2) is 46.5 Å². The van der Waals surface area contributed by atoms with Gasteiger partial charge < -0.3 is 24.8 Å². The fraction of sp³-hybridized carbons (Fsp3) is 0.714. The van der Waals surface area contributed by atoms with Crippen molar-refractivity contribution in [3.63, 3.8) is 0 Å². The lowest BCUT2D eigenvalue weighted by molar-refractivity contribution is -0.256. The zero-order chi connectivity index (χ0) is 19.3. The van der Waals surface area contributed by atoms with Gasteiger partial charge in [-0.3, -0.25) is 0 Å². The van der Waals surface area contributed by atoms with Crippen LogP contribution in [0.4, 0.5) is 0 Å². The predicted octanol–water partition coefficient (Wildman–Crippen LogP) is 2.76. The summed E-state index contributed by atoms with van der Waals surface area (Å²) < 4.78 is 11.4. The van der Waals surface area contributed by atoms with E-state index in [0.29, 0.717) is 11.7 Å². The molecule has 0 radical (unpaired) electrons. The van der Waals surface area contributed by atoms with E-state index >= 15 is 0 Å². The van der Waals surface area contributed by atoms with Gasteiger partial charge in [0.05, 0.1) is 12.7 Å². The molecule has 5 nitrogen and oxygen atoms in total. The first kappa shape index (κ1) is 21.2. The van der Waals surface area contributed by atoms with Crippen LogP contribution in [0.15, 0.2) is 24.3 Å². The third kappa shape index (κ3) is 5.68. The highest BCUT2D eigenvalue weighted by molar-refractivity contribution is 5.27. The molecule has 1 fully saturated rings. The van der Waals surface area contributed by atoms with E-state index in [9.17, 15) is 15.3 Å². The van der Waals surface area contributed by atoms with Gasteiger partial charge in [0.1, 0.15) is 18.0 Å². The molecule has 1 aromatic rings. The molecule has 0 saturated carbocycles. The minimum absolute atomic E-state index is 0.363. The molecule has 26 heavy (non-hydrogen) atoms. The van der Waals surface area contributed by atoms with E-state index in [1.165, 1.54) is 18.4 Å². The first-order valence-corrected chi connectivity index (χ1v) is 9.69. The minimum Gasteiger partial charge on any atom is -0.465 e. The Labute approximate surface area is 157 Å². The normalized spacial score (nSPS) is 30.4. The predicted molar refractivity (Wildman–Crippen MR) is 101 cm³/mol. The highest BCUT2D eigenvalue weighted by Crippen LogP contribution is 2.28. The lowest BCUT2D eigenvalue weighted by atomic mass is 9.92. The SMILES string of the molecule is CC(C)CC(C)CCc1ccc(O[C@@H]2OC(CO)[C@H](O)C(O)[C@@H]2C)cc1. The van der Waals surface area contributed by atoms with Crippen LogP contribution in [0.1, 0.15) is 46.1 Å². The Balaban J connectivity index is 1.90. The van der Waals surface area contributed by atoms with Crippen LogP contribution in [0, 0.1) is 17.8 Å². The largest absolute Gasteiger partial charge is 0.465 e. The molecule has 5 heteroatoms. The van der Waals surface area contributed by atoms with E-state index in [1.54, 1.807) is 6.92 Å². The van der Waals surface area contributed by atoms with Gasteiger partial charge in [-0.1, -0.05) is 39.8 Å². The summed E-state index contributed by atoms with van der Waals surface area (Å²) >= 11 is 0. The Kier molecular flexibility index (Phi) is 7.89. The zero-order valence-corrected chi connectivity index (χ0v) is 16.3. The molecule has 1 heterocycles. The molecule has 3 N–H and O–H groups in total. The summed E-state index contributed by atoms with van der Waals surface area (Å²) in [7, 11) is 0. The van der Waals surface area contributed by atoms with Gasteiger partial charge in [0.25, 0.3) is 0 Å². The van der Waals surface area contributed by atoms with E-state index in [-0.39, 0.29) is 6.61 Å². The van der Waals surface area contributed by atoms with E-state index < -0.39 is 30.5 Å². The van der Waals surface area contributed by atoms with Crippen molar-refractivity contribution < 1.29 is 24.8 Å². The molecular formula is C21H34O5. The summed E-state index contributed by atoms with van der Waals surface area (Å²) in [5, 5.41) is 29.3. The molecule has 0 aliphatic carbocycles. The maximum atomic E-state index is 10.1. The molecular weight excluding hydrogens is 332 g/mol. The monoisotopic (exact) mass is 366 g/mol. The first-order valence-electron chi connectivity index (χ1n) is 9.69. The average molecular weight is 366 g/mol. The van der Waals surface area contributed by atoms with Gasteiger partial charge in [-0.2, -0.15) is 0 Å². The van der Waals surface area contributed by atoms with Crippen molar-refractivity contribution >= 4 is 0 Å². The van der Waals surface area contributed by atoms with Crippen molar-refractivity contribution in [2.75, 3.05) is 6.61 Å². The molecule has 1 aromatic carbocycles. The number of ether oxygens (including phenoxy) is 2. The van der Waals surface area contributed by atoms with Crippen molar-refractivity contribution in [3.05, 3.63) is 29.8 Å². The second-order valence-electron chi connectivity index (χ2n) is 8.10. The van der Waals surface area contributed by atoms with Gasteiger partial charge in [-0.15, -0.1) is 0 Å². The number of aliphatic hydroxyl groups excluding tert-OH is 3. The summed E-state index contributed by atoms with van der Waals surface area (Å²) in [6.45, 7) is 8.22. The number of benzene rings is 1. The standard InChI is InChI=1S/C21H34O5/c1-13(2)11-14(3)5-6-16-7-9-17(10-8-16)25-21-15(4)19(23)20(24)18(12-22)26-21/h7-10,13-15,18-24H,5-6,11-12H2,1-4H3/t14?,15-,18?,19?,20-,21+/m0/s1. The van der Waals surface area contributed by atoms with Gasteiger partial charge in [-0.05, 0) is 48.8 Å². The summed E-state index contributed by atoms with van der Waals surface area (Å²) in [6, 6.07) is 7.92. The lowest BCUT2D eigenvalue weighted by Crippen LogP contribution is -2.56. The van der Waals surface area contributed by atoms with Crippen LogP contribution in [-0.2, 0) is 11.2 Å². The van der Waals surface area contributed by atoms with Gasteiger partial charge in [-0.25, -0.2) is 0 Å². The summed E-state index contributed by atoms with van der Waals surface area (Å²) in [6.07, 6.45) is -0.183. The molecule has 0 amide bonds. The second-order valence-corrected chi connectivity index (χ2v) is 8.10. The molecule has 1 saturated heterocycles. The minimum atomic E-state index is -1.11. The van der Waals surface area contributed by atoms with Crippen molar-refractivity contribution in [2.45, 2.75) is 71.6 Å². The molecule has 2 rings (SSSR count). The third-order valence-corrected chi connectivity index (χ3v) is 5.16.